The molecule has 2 heteroatoms. The van der Waals surface area contributed by atoms with Crippen LogP contribution >= 0.6 is 0 Å². The van der Waals surface area contributed by atoms with Gasteiger partial charge in [-0.2, -0.15) is 0 Å². The number of hydrogen-bond acceptors (Lipinski definition) is 2. The summed E-state index contributed by atoms with van der Waals surface area (Å²) in [5, 5.41) is 21.0. The summed E-state index contributed by atoms with van der Waals surface area (Å²) < 4.78 is 0. The Balaban J connectivity index is 1.46. The average molecular weight is 419 g/mol. The minimum Gasteiger partial charge on any atom is -0.393 e. The summed E-state index contributed by atoms with van der Waals surface area (Å²) in [6, 6.07) is 0. The molecule has 30 heavy (non-hydrogen) atoms. The number of hydrogen-bond donors (Lipinski definition) is 2. The summed E-state index contributed by atoms with van der Waals surface area (Å²) in [4.78, 5) is 0. The SMILES string of the molecule is CC(C)[C@@H](O)CC[C@@H](C)[C@H]1CC[C@H]2[C@@H]3CC[C@H]4C[C@@](C)(O)CC[C@]4(C)[C@H]3CC[C@]12C. The van der Waals surface area contributed by atoms with E-state index in [1.165, 1.54) is 51.4 Å². The van der Waals surface area contributed by atoms with E-state index >= 15 is 0 Å². The lowest BCUT2D eigenvalue weighted by molar-refractivity contribution is -0.148. The topological polar surface area (TPSA) is 40.5 Å². The molecule has 4 aliphatic carbocycles. The van der Waals surface area contributed by atoms with Gasteiger partial charge in [0.25, 0.3) is 0 Å². The minimum absolute atomic E-state index is 0.132. The Morgan fingerprint density at radius 2 is 1.50 bits per heavy atom. The third-order valence-electron chi connectivity index (χ3n) is 11.4. The Kier molecular flexibility index (Phi) is 6.20. The first-order valence-corrected chi connectivity index (χ1v) is 13.4. The highest BCUT2D eigenvalue weighted by atomic mass is 16.3. The summed E-state index contributed by atoms with van der Waals surface area (Å²) >= 11 is 0. The molecule has 4 aliphatic rings. The van der Waals surface area contributed by atoms with Gasteiger partial charge in [0.05, 0.1) is 11.7 Å². The Morgan fingerprint density at radius 3 is 2.20 bits per heavy atom. The van der Waals surface area contributed by atoms with Gasteiger partial charge in [-0.1, -0.05) is 34.6 Å². The molecule has 0 aromatic heterocycles. The second kappa shape index (κ2) is 8.05. The average Bonchev–Trinajstić information content (AvgIpc) is 3.03. The van der Waals surface area contributed by atoms with Gasteiger partial charge >= 0.3 is 0 Å². The maximum absolute atomic E-state index is 10.7. The van der Waals surface area contributed by atoms with E-state index in [1.807, 2.05) is 0 Å². The molecule has 4 saturated carbocycles. The third kappa shape index (κ3) is 3.81. The molecule has 0 aromatic carbocycles. The molecule has 4 fully saturated rings. The highest BCUT2D eigenvalue weighted by Gasteiger charge is 2.61. The standard InChI is InChI=1S/C28H50O2/c1-18(2)25(29)12-7-19(3)22-10-11-23-21-9-8-20-17-26(4,30)15-16-27(20,5)24(21)13-14-28(22,23)6/h18-25,29-30H,7-17H2,1-6H3/t19-,20+,21+,22-,23+,24+,25+,26+,27+,28-/m1/s1. The van der Waals surface area contributed by atoms with Gasteiger partial charge in [-0.05, 0) is 130 Å². The molecule has 0 saturated heterocycles. The van der Waals surface area contributed by atoms with E-state index < -0.39 is 5.60 Å². The third-order valence-corrected chi connectivity index (χ3v) is 11.4. The Hall–Kier alpha value is -0.0800. The van der Waals surface area contributed by atoms with Crippen molar-refractivity contribution in [3.8, 4) is 0 Å². The van der Waals surface area contributed by atoms with E-state index in [0.717, 1.165) is 54.8 Å². The fourth-order valence-electron chi connectivity index (χ4n) is 9.37. The number of fused-ring (bicyclic) bond motifs is 5. The van der Waals surface area contributed by atoms with Gasteiger partial charge in [0.1, 0.15) is 0 Å². The van der Waals surface area contributed by atoms with Crippen molar-refractivity contribution >= 4 is 0 Å². The van der Waals surface area contributed by atoms with Crippen molar-refractivity contribution in [2.75, 3.05) is 0 Å². The van der Waals surface area contributed by atoms with Crippen LogP contribution in [0.25, 0.3) is 0 Å². The van der Waals surface area contributed by atoms with Gasteiger partial charge in [-0.15, -0.1) is 0 Å². The summed E-state index contributed by atoms with van der Waals surface area (Å²) in [5.74, 6) is 5.43. The Morgan fingerprint density at radius 1 is 0.800 bits per heavy atom. The van der Waals surface area contributed by atoms with E-state index in [4.69, 9.17) is 0 Å². The molecule has 2 N–H and O–H groups in total. The molecule has 10 atom stereocenters. The monoisotopic (exact) mass is 418 g/mol. The molecule has 0 heterocycles. The normalized spacial score (nSPS) is 50.5. The first-order chi connectivity index (χ1) is 14.0. The molecule has 0 amide bonds. The lowest BCUT2D eigenvalue weighted by atomic mass is 9.43. The zero-order chi connectivity index (χ0) is 21.9. The zero-order valence-corrected chi connectivity index (χ0v) is 20.8. The van der Waals surface area contributed by atoms with Gasteiger partial charge in [0.15, 0.2) is 0 Å². The van der Waals surface area contributed by atoms with Gasteiger partial charge in [-0.3, -0.25) is 0 Å². The van der Waals surface area contributed by atoms with Crippen LogP contribution in [0.1, 0.15) is 112 Å². The first-order valence-electron chi connectivity index (χ1n) is 13.4. The molecule has 0 radical (unpaired) electrons. The van der Waals surface area contributed by atoms with Crippen molar-refractivity contribution in [3.63, 3.8) is 0 Å². The molecule has 0 unspecified atom stereocenters. The van der Waals surface area contributed by atoms with Gasteiger partial charge < -0.3 is 10.2 Å². The van der Waals surface area contributed by atoms with Crippen LogP contribution < -0.4 is 0 Å². The second-order valence-corrected chi connectivity index (χ2v) is 13.5. The smallest absolute Gasteiger partial charge is 0.0622 e. The highest BCUT2D eigenvalue weighted by molar-refractivity contribution is 5.10. The summed E-state index contributed by atoms with van der Waals surface area (Å²) in [5.41, 5.74) is 0.568. The minimum atomic E-state index is -0.422. The van der Waals surface area contributed by atoms with Crippen LogP contribution in [-0.4, -0.2) is 21.9 Å². The fraction of sp³-hybridized carbons (Fsp3) is 1.00. The van der Waals surface area contributed by atoms with Crippen LogP contribution in [0.5, 0.6) is 0 Å². The van der Waals surface area contributed by atoms with Crippen molar-refractivity contribution in [1.82, 2.24) is 0 Å². The highest BCUT2D eigenvalue weighted by Crippen LogP contribution is 2.68. The number of aliphatic hydroxyl groups is 2. The van der Waals surface area contributed by atoms with Crippen molar-refractivity contribution in [1.29, 1.82) is 0 Å². The second-order valence-electron chi connectivity index (χ2n) is 13.5. The van der Waals surface area contributed by atoms with Crippen molar-refractivity contribution in [2.24, 2.45) is 52.3 Å². The van der Waals surface area contributed by atoms with Crippen LogP contribution in [-0.2, 0) is 0 Å². The van der Waals surface area contributed by atoms with Crippen LogP contribution in [0.3, 0.4) is 0 Å². The lowest BCUT2D eigenvalue weighted by Crippen LogP contribution is -2.55. The van der Waals surface area contributed by atoms with E-state index in [2.05, 4.69) is 41.5 Å². The molecule has 0 aromatic rings. The summed E-state index contributed by atoms with van der Waals surface area (Å²) in [6.07, 6.45) is 13.8. The van der Waals surface area contributed by atoms with Gasteiger partial charge in [0.2, 0.25) is 0 Å². The Labute approximate surface area is 186 Å². The maximum Gasteiger partial charge on any atom is 0.0622 e. The molecular weight excluding hydrogens is 368 g/mol. The van der Waals surface area contributed by atoms with E-state index in [1.54, 1.807) is 0 Å². The maximum atomic E-state index is 10.7. The molecule has 174 valence electrons. The first kappa shape index (κ1) is 23.1. The molecule has 4 rings (SSSR count). The van der Waals surface area contributed by atoms with Crippen LogP contribution in [0.4, 0.5) is 0 Å². The number of rotatable bonds is 5. The number of aliphatic hydroxyl groups excluding tert-OH is 1. The predicted octanol–water partition coefficient (Wildman–Crippen LogP) is 6.83. The molecule has 0 bridgehead atoms. The summed E-state index contributed by atoms with van der Waals surface area (Å²) in [7, 11) is 0. The van der Waals surface area contributed by atoms with Crippen LogP contribution in [0.15, 0.2) is 0 Å². The van der Waals surface area contributed by atoms with Crippen molar-refractivity contribution in [3.05, 3.63) is 0 Å². The fourth-order valence-corrected chi connectivity index (χ4v) is 9.37. The predicted molar refractivity (Wildman–Crippen MR) is 125 cm³/mol. The molecule has 2 nitrogen and oxygen atoms in total. The largest absolute Gasteiger partial charge is 0.393 e. The van der Waals surface area contributed by atoms with E-state index in [-0.39, 0.29) is 6.10 Å². The van der Waals surface area contributed by atoms with E-state index in [0.29, 0.717) is 16.7 Å². The van der Waals surface area contributed by atoms with Gasteiger partial charge in [0, 0.05) is 0 Å². The molecule has 0 spiro atoms. The van der Waals surface area contributed by atoms with Gasteiger partial charge in [-0.25, -0.2) is 0 Å². The van der Waals surface area contributed by atoms with Crippen molar-refractivity contribution in [2.45, 2.75) is 124 Å². The van der Waals surface area contributed by atoms with Crippen LogP contribution in [0.2, 0.25) is 0 Å². The van der Waals surface area contributed by atoms with E-state index in [9.17, 15) is 10.2 Å². The quantitative estimate of drug-likeness (QED) is 0.513. The lowest BCUT2D eigenvalue weighted by Gasteiger charge is -2.62. The molecule has 0 aliphatic heterocycles. The van der Waals surface area contributed by atoms with Crippen molar-refractivity contribution < 1.29 is 10.2 Å². The summed E-state index contributed by atoms with van der Waals surface area (Å²) in [6.45, 7) is 14.1. The van der Waals surface area contributed by atoms with Crippen LogP contribution in [0, 0.1) is 52.3 Å². The Bertz CT molecular complexity index is 612. The zero-order valence-electron chi connectivity index (χ0n) is 20.8. The molecular formula is C28H50O2.